The van der Waals surface area contributed by atoms with Crippen LogP contribution in [0.3, 0.4) is 0 Å². The van der Waals surface area contributed by atoms with Gasteiger partial charge in [0.2, 0.25) is 0 Å². The van der Waals surface area contributed by atoms with Crippen molar-refractivity contribution in [3.05, 3.63) is 127 Å². The van der Waals surface area contributed by atoms with Crippen LogP contribution in [-0.4, -0.2) is 25.8 Å². The summed E-state index contributed by atoms with van der Waals surface area (Å²) in [6, 6.07) is 9.73. The fourth-order valence-corrected chi connectivity index (χ4v) is 9.36. The summed E-state index contributed by atoms with van der Waals surface area (Å²) in [5.41, 5.74) is -7.53. The maximum absolute atomic E-state index is 14.6. The summed E-state index contributed by atoms with van der Waals surface area (Å²) >= 11 is 13.1. The van der Waals surface area contributed by atoms with Crippen molar-refractivity contribution in [1.82, 2.24) is 0 Å². The molecule has 67 heavy (non-hydrogen) atoms. The molecule has 0 bridgehead atoms. The summed E-state index contributed by atoms with van der Waals surface area (Å²) < 4.78 is 188. The third-order valence-corrected chi connectivity index (χ3v) is 12.8. The third kappa shape index (κ3) is 10.6. The number of benzene rings is 5. The fraction of sp³-hybridized carbons (Fsp3) is 0.388. The first-order valence-electron chi connectivity index (χ1n) is 20.4. The van der Waals surface area contributed by atoms with E-state index in [1.807, 2.05) is 0 Å². The van der Waals surface area contributed by atoms with E-state index in [0.717, 1.165) is 0 Å². The molecule has 5 aromatic carbocycles. The van der Waals surface area contributed by atoms with Crippen LogP contribution in [0.25, 0.3) is 33.4 Å². The molecule has 0 unspecified atom stereocenters. The summed E-state index contributed by atoms with van der Waals surface area (Å²) in [4.78, 5) is 0. The van der Waals surface area contributed by atoms with E-state index in [-0.39, 0.29) is 102 Å². The highest BCUT2D eigenvalue weighted by Gasteiger charge is 2.45. The van der Waals surface area contributed by atoms with Gasteiger partial charge < -0.3 is 30.9 Å². The molecule has 0 amide bonds. The molecule has 0 saturated heterocycles. The van der Waals surface area contributed by atoms with Gasteiger partial charge in [0.25, 0.3) is 0 Å². The highest BCUT2D eigenvalue weighted by atomic mass is 79.9. The minimum atomic E-state index is -5.24. The van der Waals surface area contributed by atoms with Gasteiger partial charge >= 0.3 is 24.7 Å². The predicted molar refractivity (Wildman–Crippen MR) is 232 cm³/mol. The van der Waals surface area contributed by atoms with Gasteiger partial charge in [-0.05, 0) is 101 Å². The molecule has 6 rings (SSSR count). The molecule has 0 aromatic heterocycles. The Hall–Kier alpha value is -4.12. The van der Waals surface area contributed by atoms with Crippen molar-refractivity contribution in [2.24, 2.45) is 0 Å². The van der Waals surface area contributed by atoms with Crippen molar-refractivity contribution in [1.29, 1.82) is 0 Å². The zero-order valence-corrected chi connectivity index (χ0v) is 40.9. The number of quaternary nitrogens is 1. The zero-order chi connectivity index (χ0) is 49.7. The molecular formula is C49H46BrCl2F12NO2. The van der Waals surface area contributed by atoms with Crippen LogP contribution >= 0.6 is 23.2 Å². The number of nitrogens with zero attached hydrogens (tertiary/aromatic N) is 1. The number of fused-ring (bicyclic) bond motifs is 3. The van der Waals surface area contributed by atoms with E-state index in [2.05, 4.69) is 0 Å². The van der Waals surface area contributed by atoms with Gasteiger partial charge in [-0.1, -0.05) is 70.8 Å². The van der Waals surface area contributed by atoms with Crippen LogP contribution in [0.2, 0.25) is 10.0 Å². The van der Waals surface area contributed by atoms with Crippen LogP contribution in [0, 0.1) is 0 Å². The zero-order valence-electron chi connectivity index (χ0n) is 37.8. The van der Waals surface area contributed by atoms with Crippen LogP contribution in [0.4, 0.5) is 52.7 Å². The van der Waals surface area contributed by atoms with E-state index in [1.165, 1.54) is 20.3 Å². The number of halogens is 15. The third-order valence-electron chi connectivity index (χ3n) is 12.2. The van der Waals surface area contributed by atoms with E-state index < -0.39 is 75.0 Å². The average Bonchev–Trinajstić information content (AvgIpc) is 3.30. The number of alkyl halides is 12. The number of hydrogen-bond acceptors (Lipinski definition) is 2. The van der Waals surface area contributed by atoms with Gasteiger partial charge in [0.05, 0.1) is 48.5 Å². The van der Waals surface area contributed by atoms with E-state index in [0.29, 0.717) is 41.0 Å². The summed E-state index contributed by atoms with van der Waals surface area (Å²) in [7, 11) is 4.18. The first-order chi connectivity index (χ1) is 30.0. The van der Waals surface area contributed by atoms with Crippen LogP contribution in [0.1, 0.15) is 105 Å². The molecule has 0 N–H and O–H groups in total. The first kappa shape index (κ1) is 53.8. The van der Waals surface area contributed by atoms with Crippen molar-refractivity contribution >= 4 is 23.2 Å². The lowest BCUT2D eigenvalue weighted by molar-refractivity contribution is -0.962. The number of ether oxygens (including phenoxy) is 2. The summed E-state index contributed by atoms with van der Waals surface area (Å²) in [5, 5.41) is 0.449. The highest BCUT2D eigenvalue weighted by Crippen LogP contribution is 2.56. The Bertz CT molecular complexity index is 2490. The molecule has 0 fully saturated rings. The Morgan fingerprint density at radius 1 is 0.522 bits per heavy atom. The van der Waals surface area contributed by atoms with E-state index in [4.69, 9.17) is 32.7 Å². The average molecular weight is 1060 g/mol. The molecule has 0 spiro atoms. The van der Waals surface area contributed by atoms with Gasteiger partial charge in [0.15, 0.2) is 0 Å². The molecule has 0 aliphatic carbocycles. The lowest BCUT2D eigenvalue weighted by atomic mass is 9.76. The lowest BCUT2D eigenvalue weighted by Gasteiger charge is -2.41. The van der Waals surface area contributed by atoms with Gasteiger partial charge in [-0.25, -0.2) is 0 Å². The molecule has 1 heterocycles. The minimum absolute atomic E-state index is 0. The van der Waals surface area contributed by atoms with E-state index >= 15 is 0 Å². The second-order valence-corrected chi connectivity index (χ2v) is 19.8. The largest absolute Gasteiger partial charge is 1.00 e. The Labute approximate surface area is 401 Å². The highest BCUT2D eigenvalue weighted by molar-refractivity contribution is 6.35. The Morgan fingerprint density at radius 3 is 1.12 bits per heavy atom. The van der Waals surface area contributed by atoms with E-state index in [1.54, 1.807) is 79.8 Å². The molecule has 0 saturated carbocycles. The normalized spacial score (nSPS) is 15.0. The Kier molecular flexibility index (Phi) is 14.5. The van der Waals surface area contributed by atoms with Crippen molar-refractivity contribution in [3.8, 4) is 44.9 Å². The SMILES string of the molecule is COc1c(C(C)(C)C)cc2c(c1-c1cc(C(F)(F)F)cc(C(F)(F)F)c1)C[N+](C)([C@H](C)c1ccc(Cl)cc1Cl)Cc1c-2cc(C(C)(C)C)c(OC)c1-c1cc(C(F)(F)F)cc(C(F)(F)F)c1.[Br-]. The second-order valence-electron chi connectivity index (χ2n) is 18.9. The van der Waals surface area contributed by atoms with Gasteiger partial charge in [-0.2, -0.15) is 52.7 Å². The standard InChI is InChI=1S/C49H46Cl2F12NO2.BrH/c1-24(32-12-11-31(50)19-39(32)51)64(8)22-35-33(20-37(44(2,3)4)42(65-9)40(35)25-13-27(46(52,53)54)17-28(14-25)47(55,56)57)34-21-38(45(5,6)7)43(66-10)41(36(34)23-64)26-15-29(48(58,59)60)18-30(16-26)49(61,62)63;/h11-21,24H,22-23H2,1-10H3;1H/q+1;/p-1/t24-;/m1./s1. The molecule has 5 aromatic rings. The molecule has 1 atom stereocenters. The molecular weight excluding hydrogens is 1010 g/mol. The van der Waals surface area contributed by atoms with Crippen molar-refractivity contribution in [2.45, 2.75) is 103 Å². The topological polar surface area (TPSA) is 18.5 Å². The molecule has 0 radical (unpaired) electrons. The van der Waals surface area contributed by atoms with Crippen molar-refractivity contribution in [3.63, 3.8) is 0 Å². The first-order valence-corrected chi connectivity index (χ1v) is 21.1. The monoisotopic (exact) mass is 1060 g/mol. The van der Waals surface area contributed by atoms with Gasteiger partial charge in [-0.3, -0.25) is 0 Å². The van der Waals surface area contributed by atoms with Crippen molar-refractivity contribution < 1.29 is 83.6 Å². The Morgan fingerprint density at radius 2 is 0.851 bits per heavy atom. The van der Waals surface area contributed by atoms with Crippen LogP contribution in [0.5, 0.6) is 11.5 Å². The van der Waals surface area contributed by atoms with Crippen LogP contribution in [-0.2, 0) is 48.6 Å². The number of methoxy groups -OCH3 is 2. The summed E-state index contributed by atoms with van der Waals surface area (Å²) in [6.07, 6.45) is -21.0. The summed E-state index contributed by atoms with van der Waals surface area (Å²) in [6.45, 7) is 11.8. The number of hydrogen-bond donors (Lipinski definition) is 0. The molecule has 1 aliphatic rings. The fourth-order valence-electron chi connectivity index (χ4n) is 8.79. The van der Waals surface area contributed by atoms with Crippen LogP contribution < -0.4 is 26.5 Å². The maximum atomic E-state index is 14.6. The van der Waals surface area contributed by atoms with E-state index in [9.17, 15) is 52.7 Å². The van der Waals surface area contributed by atoms with Gasteiger partial charge in [0, 0.05) is 44.0 Å². The minimum Gasteiger partial charge on any atom is -1.00 e. The van der Waals surface area contributed by atoms with Crippen LogP contribution in [0.15, 0.2) is 66.7 Å². The van der Waals surface area contributed by atoms with Crippen molar-refractivity contribution in [2.75, 3.05) is 21.3 Å². The molecule has 364 valence electrons. The molecule has 1 aliphatic heterocycles. The quantitative estimate of drug-likeness (QED) is 0.125. The number of rotatable bonds is 6. The predicted octanol–water partition coefficient (Wildman–Crippen LogP) is 13.9. The smallest absolute Gasteiger partial charge is 0.416 e. The second kappa shape index (κ2) is 18.0. The lowest BCUT2D eigenvalue weighted by Crippen LogP contribution is -3.00. The maximum Gasteiger partial charge on any atom is 0.416 e. The van der Waals surface area contributed by atoms with Gasteiger partial charge in [0.1, 0.15) is 30.6 Å². The summed E-state index contributed by atoms with van der Waals surface area (Å²) in [5.74, 6) is -0.0864. The molecule has 18 heteroatoms. The Balaban J connectivity index is 0.00000840. The van der Waals surface area contributed by atoms with Gasteiger partial charge in [-0.15, -0.1) is 0 Å². The molecule has 3 nitrogen and oxygen atoms in total.